The van der Waals surface area contributed by atoms with Crippen molar-refractivity contribution in [2.75, 3.05) is 13.2 Å². The number of benzene rings is 1. The predicted octanol–water partition coefficient (Wildman–Crippen LogP) is 2.71. The summed E-state index contributed by atoms with van der Waals surface area (Å²) in [7, 11) is 0. The van der Waals surface area contributed by atoms with Crippen LogP contribution in [-0.4, -0.2) is 30.1 Å². The van der Waals surface area contributed by atoms with E-state index in [0.29, 0.717) is 6.61 Å². The highest BCUT2D eigenvalue weighted by atomic mass is 16.5. The highest BCUT2D eigenvalue weighted by molar-refractivity contribution is 5.81. The predicted molar refractivity (Wildman–Crippen MR) is 84.2 cm³/mol. The Labute approximate surface area is 125 Å². The number of pyridine rings is 1. The van der Waals surface area contributed by atoms with Gasteiger partial charge >= 0.3 is 5.97 Å². The lowest BCUT2D eigenvalue weighted by Crippen LogP contribution is -2.38. The lowest BCUT2D eigenvalue weighted by Gasteiger charge is -2.15. The van der Waals surface area contributed by atoms with Crippen molar-refractivity contribution >= 4 is 16.9 Å². The Morgan fingerprint density at radius 2 is 2.10 bits per heavy atom. The molecule has 2 aromatic rings. The summed E-state index contributed by atoms with van der Waals surface area (Å²) in [6, 6.07) is 9.97. The Kier molecular flexibility index (Phi) is 5.69. The SMILES string of the molecule is CCOC(=O)C(CC)NCCc1cccc2cccnc12. The van der Waals surface area contributed by atoms with E-state index in [1.165, 1.54) is 5.56 Å². The van der Waals surface area contributed by atoms with E-state index in [4.69, 9.17) is 4.74 Å². The third-order valence-corrected chi connectivity index (χ3v) is 3.48. The molecule has 1 heterocycles. The molecule has 2 rings (SSSR count). The molecule has 0 amide bonds. The van der Waals surface area contributed by atoms with Crippen LogP contribution in [0.4, 0.5) is 0 Å². The number of nitrogens with zero attached hydrogens (tertiary/aromatic N) is 1. The molecule has 0 radical (unpaired) electrons. The van der Waals surface area contributed by atoms with E-state index in [-0.39, 0.29) is 12.0 Å². The van der Waals surface area contributed by atoms with Gasteiger partial charge in [0.25, 0.3) is 0 Å². The van der Waals surface area contributed by atoms with Crippen molar-refractivity contribution in [1.29, 1.82) is 0 Å². The Bertz CT molecular complexity index is 593. The Balaban J connectivity index is 1.97. The molecule has 0 saturated heterocycles. The van der Waals surface area contributed by atoms with E-state index in [9.17, 15) is 4.79 Å². The summed E-state index contributed by atoms with van der Waals surface area (Å²) in [5.41, 5.74) is 2.23. The van der Waals surface area contributed by atoms with Crippen LogP contribution in [0.5, 0.6) is 0 Å². The van der Waals surface area contributed by atoms with Crippen LogP contribution in [0.25, 0.3) is 10.9 Å². The van der Waals surface area contributed by atoms with Gasteiger partial charge in [0, 0.05) is 18.1 Å². The molecule has 4 nitrogen and oxygen atoms in total. The third-order valence-electron chi connectivity index (χ3n) is 3.48. The molecule has 0 fully saturated rings. The summed E-state index contributed by atoms with van der Waals surface area (Å²) >= 11 is 0. The number of ether oxygens (including phenoxy) is 1. The second-order valence-electron chi connectivity index (χ2n) is 4.91. The van der Waals surface area contributed by atoms with E-state index in [2.05, 4.69) is 28.5 Å². The molecule has 0 saturated carbocycles. The van der Waals surface area contributed by atoms with E-state index < -0.39 is 0 Å². The van der Waals surface area contributed by atoms with Gasteiger partial charge < -0.3 is 10.1 Å². The van der Waals surface area contributed by atoms with E-state index in [0.717, 1.165) is 30.3 Å². The lowest BCUT2D eigenvalue weighted by atomic mass is 10.1. The van der Waals surface area contributed by atoms with Crippen molar-refractivity contribution in [3.05, 3.63) is 42.1 Å². The minimum Gasteiger partial charge on any atom is -0.465 e. The van der Waals surface area contributed by atoms with Crippen LogP contribution in [0, 0.1) is 0 Å². The average molecular weight is 286 g/mol. The zero-order valence-electron chi connectivity index (χ0n) is 12.6. The number of hydrogen-bond acceptors (Lipinski definition) is 4. The number of para-hydroxylation sites is 1. The Morgan fingerprint density at radius 1 is 1.29 bits per heavy atom. The van der Waals surface area contributed by atoms with Crippen molar-refractivity contribution in [2.45, 2.75) is 32.7 Å². The second kappa shape index (κ2) is 7.74. The van der Waals surface area contributed by atoms with Crippen LogP contribution in [0.15, 0.2) is 36.5 Å². The number of aromatic nitrogens is 1. The summed E-state index contributed by atoms with van der Waals surface area (Å²) in [5, 5.41) is 4.41. The van der Waals surface area contributed by atoms with Crippen molar-refractivity contribution in [2.24, 2.45) is 0 Å². The zero-order chi connectivity index (χ0) is 15.1. The molecule has 112 valence electrons. The summed E-state index contributed by atoms with van der Waals surface area (Å²) in [6.07, 6.45) is 3.38. The Hall–Kier alpha value is -1.94. The molecule has 0 aliphatic rings. The fourth-order valence-electron chi connectivity index (χ4n) is 2.39. The first kappa shape index (κ1) is 15.4. The van der Waals surface area contributed by atoms with Crippen LogP contribution in [0.2, 0.25) is 0 Å². The molecule has 1 aromatic carbocycles. The monoisotopic (exact) mass is 286 g/mol. The van der Waals surface area contributed by atoms with Crippen molar-refractivity contribution in [1.82, 2.24) is 10.3 Å². The normalized spacial score (nSPS) is 12.3. The van der Waals surface area contributed by atoms with Gasteiger partial charge in [-0.05, 0) is 31.4 Å². The summed E-state index contributed by atoms with van der Waals surface area (Å²) in [4.78, 5) is 16.2. The minimum atomic E-state index is -0.229. The molecular weight excluding hydrogens is 264 g/mol. The topological polar surface area (TPSA) is 51.2 Å². The molecule has 0 aliphatic heterocycles. The van der Waals surface area contributed by atoms with Crippen LogP contribution in [0.3, 0.4) is 0 Å². The fourth-order valence-corrected chi connectivity index (χ4v) is 2.39. The van der Waals surface area contributed by atoms with Crippen LogP contribution in [0.1, 0.15) is 25.8 Å². The van der Waals surface area contributed by atoms with E-state index >= 15 is 0 Å². The molecule has 0 bridgehead atoms. The number of carbonyl (C=O) groups is 1. The third kappa shape index (κ3) is 4.02. The summed E-state index contributed by atoms with van der Waals surface area (Å²) in [6.45, 7) is 4.96. The molecule has 4 heteroatoms. The molecule has 1 N–H and O–H groups in total. The lowest BCUT2D eigenvalue weighted by molar-refractivity contribution is -0.145. The number of nitrogens with one attached hydrogen (secondary N) is 1. The number of rotatable bonds is 7. The quantitative estimate of drug-likeness (QED) is 0.795. The number of carbonyl (C=O) groups excluding carboxylic acids is 1. The highest BCUT2D eigenvalue weighted by Gasteiger charge is 2.16. The van der Waals surface area contributed by atoms with Crippen molar-refractivity contribution < 1.29 is 9.53 Å². The molecule has 1 unspecified atom stereocenters. The molecular formula is C17H22N2O2. The molecule has 1 atom stereocenters. The Morgan fingerprint density at radius 3 is 2.86 bits per heavy atom. The van der Waals surface area contributed by atoms with Gasteiger partial charge in [-0.15, -0.1) is 0 Å². The highest BCUT2D eigenvalue weighted by Crippen LogP contribution is 2.16. The van der Waals surface area contributed by atoms with Gasteiger partial charge in [0.1, 0.15) is 6.04 Å². The maximum atomic E-state index is 11.7. The molecule has 0 spiro atoms. The van der Waals surface area contributed by atoms with Gasteiger partial charge in [0.05, 0.1) is 12.1 Å². The number of fused-ring (bicyclic) bond motifs is 1. The van der Waals surface area contributed by atoms with Gasteiger partial charge in [0.15, 0.2) is 0 Å². The number of hydrogen-bond donors (Lipinski definition) is 1. The average Bonchev–Trinajstić information content (AvgIpc) is 2.52. The van der Waals surface area contributed by atoms with Crippen molar-refractivity contribution in [3.63, 3.8) is 0 Å². The van der Waals surface area contributed by atoms with Gasteiger partial charge in [-0.25, -0.2) is 0 Å². The maximum Gasteiger partial charge on any atom is 0.323 e. The van der Waals surface area contributed by atoms with E-state index in [1.807, 2.05) is 32.2 Å². The van der Waals surface area contributed by atoms with Crippen LogP contribution in [-0.2, 0) is 16.0 Å². The second-order valence-corrected chi connectivity index (χ2v) is 4.91. The van der Waals surface area contributed by atoms with Gasteiger partial charge in [-0.1, -0.05) is 31.2 Å². The standard InChI is InChI=1S/C17H22N2O2/c1-3-15(17(20)21-4-2)18-12-10-14-8-5-7-13-9-6-11-19-16(13)14/h5-9,11,15,18H,3-4,10,12H2,1-2H3. The zero-order valence-corrected chi connectivity index (χ0v) is 12.6. The first-order valence-corrected chi connectivity index (χ1v) is 7.49. The number of esters is 1. The van der Waals surface area contributed by atoms with Gasteiger partial charge in [-0.3, -0.25) is 9.78 Å². The van der Waals surface area contributed by atoms with E-state index in [1.54, 1.807) is 0 Å². The van der Waals surface area contributed by atoms with Gasteiger partial charge in [-0.2, -0.15) is 0 Å². The minimum absolute atomic E-state index is 0.170. The maximum absolute atomic E-state index is 11.7. The largest absolute Gasteiger partial charge is 0.465 e. The van der Waals surface area contributed by atoms with Crippen LogP contribution >= 0.6 is 0 Å². The fraction of sp³-hybridized carbons (Fsp3) is 0.412. The van der Waals surface area contributed by atoms with Crippen molar-refractivity contribution in [3.8, 4) is 0 Å². The van der Waals surface area contributed by atoms with Crippen LogP contribution < -0.4 is 5.32 Å². The first-order chi connectivity index (χ1) is 10.3. The smallest absolute Gasteiger partial charge is 0.323 e. The summed E-state index contributed by atoms with van der Waals surface area (Å²) < 4.78 is 5.05. The molecule has 0 aliphatic carbocycles. The first-order valence-electron chi connectivity index (χ1n) is 7.49. The molecule has 1 aromatic heterocycles. The summed E-state index contributed by atoms with van der Waals surface area (Å²) in [5.74, 6) is -0.170. The molecule has 21 heavy (non-hydrogen) atoms. The van der Waals surface area contributed by atoms with Gasteiger partial charge in [0.2, 0.25) is 0 Å².